The molecule has 1 aliphatic heterocycles. The minimum Gasteiger partial charge on any atom is -0.481 e. The van der Waals surface area contributed by atoms with Gasteiger partial charge in [0.15, 0.2) is 0 Å². The zero-order valence-corrected chi connectivity index (χ0v) is 13.5. The van der Waals surface area contributed by atoms with E-state index in [1.165, 1.54) is 11.3 Å². The van der Waals surface area contributed by atoms with Crippen molar-refractivity contribution in [3.05, 3.63) is 21.3 Å². The number of carbonyl (C=O) groups is 2. The fourth-order valence-corrected chi connectivity index (χ4v) is 3.87. The normalized spacial score (nSPS) is 18.7. The van der Waals surface area contributed by atoms with Gasteiger partial charge in [-0.15, -0.1) is 11.3 Å². The predicted octanol–water partition coefficient (Wildman–Crippen LogP) is 3.58. The standard InChI is InChI=1S/C15H20ClNO3S/c16-13-7-5-12(21-13)6-8-14(18)17-10-2-1-3-11(17)4-9-15(19)20/h5,7,11H,1-4,6,8-10H2,(H,19,20). The highest BCUT2D eigenvalue weighted by molar-refractivity contribution is 7.16. The highest BCUT2D eigenvalue weighted by Crippen LogP contribution is 2.25. The van der Waals surface area contributed by atoms with Crippen LogP contribution >= 0.6 is 22.9 Å². The van der Waals surface area contributed by atoms with E-state index >= 15 is 0 Å². The van der Waals surface area contributed by atoms with Gasteiger partial charge in [-0.05, 0) is 44.2 Å². The molecule has 1 fully saturated rings. The number of amides is 1. The molecule has 0 spiro atoms. The van der Waals surface area contributed by atoms with Crippen molar-refractivity contribution in [1.29, 1.82) is 0 Å². The second-order valence-electron chi connectivity index (χ2n) is 5.37. The third-order valence-electron chi connectivity index (χ3n) is 3.85. The van der Waals surface area contributed by atoms with Gasteiger partial charge in [-0.3, -0.25) is 9.59 Å². The Labute approximate surface area is 133 Å². The summed E-state index contributed by atoms with van der Waals surface area (Å²) in [6.45, 7) is 0.758. The van der Waals surface area contributed by atoms with E-state index < -0.39 is 5.97 Å². The van der Waals surface area contributed by atoms with Crippen LogP contribution in [0.2, 0.25) is 4.34 Å². The van der Waals surface area contributed by atoms with Crippen LogP contribution in [0.25, 0.3) is 0 Å². The second kappa shape index (κ2) is 7.80. The number of likely N-dealkylation sites (tertiary alicyclic amines) is 1. The SMILES string of the molecule is O=C(O)CCC1CCCCN1C(=O)CCc1ccc(Cl)s1. The lowest BCUT2D eigenvalue weighted by atomic mass is 9.97. The largest absolute Gasteiger partial charge is 0.481 e. The lowest BCUT2D eigenvalue weighted by Crippen LogP contribution is -2.44. The molecule has 0 radical (unpaired) electrons. The molecule has 2 rings (SSSR count). The van der Waals surface area contributed by atoms with Gasteiger partial charge in [-0.2, -0.15) is 0 Å². The number of aryl methyl sites for hydroxylation is 1. The van der Waals surface area contributed by atoms with Crippen LogP contribution in [0.3, 0.4) is 0 Å². The third-order valence-corrected chi connectivity index (χ3v) is 5.14. The molecular weight excluding hydrogens is 310 g/mol. The van der Waals surface area contributed by atoms with Gasteiger partial charge in [0.25, 0.3) is 0 Å². The van der Waals surface area contributed by atoms with Gasteiger partial charge in [0.2, 0.25) is 5.91 Å². The first-order valence-electron chi connectivity index (χ1n) is 7.31. The maximum Gasteiger partial charge on any atom is 0.303 e. The molecule has 21 heavy (non-hydrogen) atoms. The van der Waals surface area contributed by atoms with Crippen LogP contribution in [0.5, 0.6) is 0 Å². The molecule has 1 aliphatic rings. The third kappa shape index (κ3) is 5.00. The molecule has 1 unspecified atom stereocenters. The van der Waals surface area contributed by atoms with E-state index in [0.29, 0.717) is 19.3 Å². The first-order chi connectivity index (χ1) is 10.1. The van der Waals surface area contributed by atoms with E-state index in [1.54, 1.807) is 0 Å². The predicted molar refractivity (Wildman–Crippen MR) is 83.9 cm³/mol. The number of carbonyl (C=O) groups excluding carboxylic acids is 1. The lowest BCUT2D eigenvalue weighted by Gasteiger charge is -2.35. The number of hydrogen-bond acceptors (Lipinski definition) is 3. The minimum atomic E-state index is -0.791. The van der Waals surface area contributed by atoms with Crippen molar-refractivity contribution in [2.24, 2.45) is 0 Å². The summed E-state index contributed by atoms with van der Waals surface area (Å²) in [7, 11) is 0. The molecule has 1 amide bonds. The fraction of sp³-hybridized carbons (Fsp3) is 0.600. The van der Waals surface area contributed by atoms with Crippen molar-refractivity contribution in [3.8, 4) is 0 Å². The van der Waals surface area contributed by atoms with Gasteiger partial charge in [-0.1, -0.05) is 11.6 Å². The summed E-state index contributed by atoms with van der Waals surface area (Å²) in [6, 6.07) is 3.90. The van der Waals surface area contributed by atoms with E-state index in [1.807, 2.05) is 17.0 Å². The van der Waals surface area contributed by atoms with E-state index in [-0.39, 0.29) is 18.4 Å². The number of piperidine rings is 1. The Kier molecular flexibility index (Phi) is 6.06. The number of nitrogens with zero attached hydrogens (tertiary/aromatic N) is 1. The number of hydrogen-bond donors (Lipinski definition) is 1. The second-order valence-corrected chi connectivity index (χ2v) is 7.17. The summed E-state index contributed by atoms with van der Waals surface area (Å²) in [5.74, 6) is -0.657. The van der Waals surface area contributed by atoms with Gasteiger partial charge >= 0.3 is 5.97 Å². The molecule has 2 heterocycles. The van der Waals surface area contributed by atoms with E-state index in [4.69, 9.17) is 16.7 Å². The zero-order chi connectivity index (χ0) is 15.2. The highest BCUT2D eigenvalue weighted by atomic mass is 35.5. The molecule has 1 aromatic heterocycles. The van der Waals surface area contributed by atoms with Gasteiger partial charge < -0.3 is 10.0 Å². The fourth-order valence-electron chi connectivity index (χ4n) is 2.78. The molecule has 0 bridgehead atoms. The highest BCUT2D eigenvalue weighted by Gasteiger charge is 2.26. The van der Waals surface area contributed by atoms with Crippen molar-refractivity contribution >= 4 is 34.8 Å². The molecule has 0 aromatic carbocycles. The van der Waals surface area contributed by atoms with Crippen LogP contribution < -0.4 is 0 Å². The number of carboxylic acid groups (broad SMARTS) is 1. The molecule has 1 atom stereocenters. The summed E-state index contributed by atoms with van der Waals surface area (Å²) in [5.41, 5.74) is 0. The zero-order valence-electron chi connectivity index (χ0n) is 11.9. The quantitative estimate of drug-likeness (QED) is 0.867. The molecule has 1 saturated heterocycles. The van der Waals surface area contributed by atoms with Crippen LogP contribution in [0, 0.1) is 0 Å². The molecule has 4 nitrogen and oxygen atoms in total. The Hall–Kier alpha value is -1.07. The number of thiophene rings is 1. The van der Waals surface area contributed by atoms with Gasteiger partial charge in [-0.25, -0.2) is 0 Å². The molecule has 0 aliphatic carbocycles. The van der Waals surface area contributed by atoms with Crippen molar-refractivity contribution in [3.63, 3.8) is 0 Å². The van der Waals surface area contributed by atoms with Crippen molar-refractivity contribution in [1.82, 2.24) is 4.90 Å². The minimum absolute atomic E-state index is 0.0919. The van der Waals surface area contributed by atoms with Crippen LogP contribution in [0.15, 0.2) is 12.1 Å². The summed E-state index contributed by atoms with van der Waals surface area (Å²) in [6.07, 6.45) is 4.89. The first-order valence-corrected chi connectivity index (χ1v) is 8.51. The number of aliphatic carboxylic acids is 1. The Morgan fingerprint density at radius 1 is 1.33 bits per heavy atom. The van der Waals surface area contributed by atoms with Crippen molar-refractivity contribution < 1.29 is 14.7 Å². The van der Waals surface area contributed by atoms with Crippen LogP contribution in [0.4, 0.5) is 0 Å². The number of halogens is 1. The molecule has 1 N–H and O–H groups in total. The lowest BCUT2D eigenvalue weighted by molar-refractivity contribution is -0.140. The Balaban J connectivity index is 1.87. The van der Waals surface area contributed by atoms with Crippen molar-refractivity contribution in [2.45, 2.75) is 51.0 Å². The molecule has 0 saturated carbocycles. The molecule has 6 heteroatoms. The van der Waals surface area contributed by atoms with Gasteiger partial charge in [0.1, 0.15) is 0 Å². The Morgan fingerprint density at radius 3 is 2.81 bits per heavy atom. The van der Waals surface area contributed by atoms with Gasteiger partial charge in [0.05, 0.1) is 4.34 Å². The average Bonchev–Trinajstić information content (AvgIpc) is 2.88. The van der Waals surface area contributed by atoms with E-state index in [0.717, 1.165) is 35.0 Å². The van der Waals surface area contributed by atoms with Crippen LogP contribution in [0.1, 0.15) is 43.4 Å². The monoisotopic (exact) mass is 329 g/mol. The Bertz CT molecular complexity index is 503. The summed E-state index contributed by atoms with van der Waals surface area (Å²) < 4.78 is 0.745. The maximum absolute atomic E-state index is 12.4. The summed E-state index contributed by atoms with van der Waals surface area (Å²) in [5, 5.41) is 8.81. The smallest absolute Gasteiger partial charge is 0.303 e. The Morgan fingerprint density at radius 2 is 2.14 bits per heavy atom. The van der Waals surface area contributed by atoms with Crippen molar-refractivity contribution in [2.75, 3.05) is 6.54 Å². The van der Waals surface area contributed by atoms with E-state index in [9.17, 15) is 9.59 Å². The van der Waals surface area contributed by atoms with E-state index in [2.05, 4.69) is 0 Å². The maximum atomic E-state index is 12.4. The summed E-state index contributed by atoms with van der Waals surface area (Å²) in [4.78, 5) is 26.1. The molecular formula is C15H20ClNO3S. The molecule has 1 aromatic rings. The molecule has 116 valence electrons. The first kappa shape index (κ1) is 16.3. The summed E-state index contributed by atoms with van der Waals surface area (Å²) >= 11 is 7.39. The van der Waals surface area contributed by atoms with Crippen LogP contribution in [-0.2, 0) is 16.0 Å². The van der Waals surface area contributed by atoms with Gasteiger partial charge in [0, 0.05) is 30.3 Å². The number of carboxylic acids is 1. The average molecular weight is 330 g/mol. The topological polar surface area (TPSA) is 57.6 Å². The number of rotatable bonds is 6. The van der Waals surface area contributed by atoms with Crippen LogP contribution in [-0.4, -0.2) is 34.5 Å².